The minimum Gasteiger partial charge on any atom is -0.353 e. The van der Waals surface area contributed by atoms with E-state index >= 15 is 0 Å². The van der Waals surface area contributed by atoms with Gasteiger partial charge in [-0.2, -0.15) is 0 Å². The van der Waals surface area contributed by atoms with Gasteiger partial charge in [0.1, 0.15) is 6.33 Å². The molecule has 0 aliphatic rings. The Kier molecular flexibility index (Phi) is 6.18. The number of rotatable bonds is 7. The summed E-state index contributed by atoms with van der Waals surface area (Å²) in [5.74, 6) is 0.246. The van der Waals surface area contributed by atoms with Crippen molar-refractivity contribution in [3.05, 3.63) is 117 Å². The first kappa shape index (κ1) is 20.5. The third-order valence-corrected chi connectivity index (χ3v) is 5.13. The number of nitrogens with zero attached hydrogens (tertiary/aromatic N) is 3. The maximum atomic E-state index is 12.0. The largest absolute Gasteiger partial charge is 0.353 e. The van der Waals surface area contributed by atoms with E-state index in [0.29, 0.717) is 5.69 Å². The molecule has 0 atom stereocenters. The molecule has 0 fully saturated rings. The Morgan fingerprint density at radius 3 is 2.03 bits per heavy atom. The van der Waals surface area contributed by atoms with E-state index in [1.165, 1.54) is 6.33 Å². The van der Waals surface area contributed by atoms with Crippen molar-refractivity contribution in [1.29, 1.82) is 0 Å². The summed E-state index contributed by atoms with van der Waals surface area (Å²) in [6.07, 6.45) is 1.31. The average Bonchev–Trinajstić information content (AvgIpc) is 2.78. The Bertz CT molecular complexity index is 1150. The van der Waals surface area contributed by atoms with Gasteiger partial charge in [-0.05, 0) is 29.3 Å². The predicted molar refractivity (Wildman–Crippen MR) is 124 cm³/mol. The molecule has 4 aromatic rings. The third-order valence-electron chi connectivity index (χ3n) is 4.64. The number of benzene rings is 3. The first-order valence-electron chi connectivity index (χ1n) is 9.50. The highest BCUT2D eigenvalue weighted by Crippen LogP contribution is 2.35. The van der Waals surface area contributed by atoms with Crippen LogP contribution in [0.25, 0.3) is 0 Å². The molecule has 4 rings (SSSR count). The zero-order chi connectivity index (χ0) is 21.6. The molecule has 1 heterocycles. The molecular formula is C23H18BrN5O2. The van der Waals surface area contributed by atoms with Gasteiger partial charge in [-0.25, -0.2) is 9.97 Å². The smallest absolute Gasteiger partial charge is 0.353 e. The first-order valence-corrected chi connectivity index (χ1v) is 10.3. The zero-order valence-corrected chi connectivity index (χ0v) is 17.9. The van der Waals surface area contributed by atoms with Gasteiger partial charge in [0, 0.05) is 10.2 Å². The quantitative estimate of drug-likeness (QED) is 0.248. The summed E-state index contributed by atoms with van der Waals surface area (Å²) in [4.78, 5) is 19.8. The Morgan fingerprint density at radius 1 is 0.839 bits per heavy atom. The minimum absolute atomic E-state index is 0.112. The van der Waals surface area contributed by atoms with Gasteiger partial charge in [0.25, 0.3) is 0 Å². The monoisotopic (exact) mass is 475 g/mol. The van der Waals surface area contributed by atoms with Crippen molar-refractivity contribution in [2.24, 2.45) is 0 Å². The van der Waals surface area contributed by atoms with Crippen LogP contribution in [0.3, 0.4) is 0 Å². The number of nitrogens with one attached hydrogen (secondary N) is 2. The fourth-order valence-electron chi connectivity index (χ4n) is 3.24. The van der Waals surface area contributed by atoms with Gasteiger partial charge < -0.3 is 10.6 Å². The van der Waals surface area contributed by atoms with Crippen LogP contribution in [0.15, 0.2) is 95.7 Å². The Hall–Kier alpha value is -3.78. The fraction of sp³-hybridized carbons (Fsp3) is 0.0435. The molecule has 0 bridgehead atoms. The van der Waals surface area contributed by atoms with Crippen LogP contribution < -0.4 is 10.6 Å². The molecule has 0 saturated carbocycles. The van der Waals surface area contributed by atoms with Gasteiger partial charge in [-0.1, -0.05) is 82.7 Å². The molecule has 8 heteroatoms. The van der Waals surface area contributed by atoms with Crippen LogP contribution in [-0.4, -0.2) is 14.9 Å². The maximum Gasteiger partial charge on any atom is 0.353 e. The summed E-state index contributed by atoms with van der Waals surface area (Å²) in [6.45, 7) is 0. The molecule has 154 valence electrons. The van der Waals surface area contributed by atoms with E-state index in [1.807, 2.05) is 78.9 Å². The van der Waals surface area contributed by atoms with Gasteiger partial charge in [0.15, 0.2) is 0 Å². The second-order valence-electron chi connectivity index (χ2n) is 6.71. The van der Waals surface area contributed by atoms with Crippen LogP contribution in [-0.2, 0) is 0 Å². The van der Waals surface area contributed by atoms with Crippen LogP contribution in [0.1, 0.15) is 17.2 Å². The topological polar surface area (TPSA) is 93.0 Å². The lowest BCUT2D eigenvalue weighted by Crippen LogP contribution is -2.15. The van der Waals surface area contributed by atoms with E-state index in [-0.39, 0.29) is 23.4 Å². The average molecular weight is 476 g/mol. The summed E-state index contributed by atoms with van der Waals surface area (Å²) in [5, 5.41) is 18.3. The van der Waals surface area contributed by atoms with E-state index in [4.69, 9.17) is 0 Å². The van der Waals surface area contributed by atoms with E-state index < -0.39 is 4.92 Å². The lowest BCUT2D eigenvalue weighted by atomic mass is 9.99. The number of hydrogen-bond acceptors (Lipinski definition) is 6. The van der Waals surface area contributed by atoms with Crippen LogP contribution in [0, 0.1) is 10.1 Å². The minimum atomic E-state index is -0.476. The predicted octanol–water partition coefficient (Wildman–Crippen LogP) is 6.09. The molecule has 1 aromatic heterocycles. The number of hydrogen-bond donors (Lipinski definition) is 2. The molecule has 0 amide bonds. The molecule has 0 radical (unpaired) electrons. The second kappa shape index (κ2) is 9.36. The van der Waals surface area contributed by atoms with Crippen molar-refractivity contribution >= 4 is 38.9 Å². The lowest BCUT2D eigenvalue weighted by Gasteiger charge is -2.20. The maximum absolute atomic E-state index is 12.0. The van der Waals surface area contributed by atoms with Crippen LogP contribution in [0.4, 0.5) is 23.0 Å². The highest BCUT2D eigenvalue weighted by molar-refractivity contribution is 9.10. The standard InChI is InChI=1S/C23H18BrN5O2/c24-18-12-7-13-19(14-18)27-22-21(29(30)31)23(26-15-25-22)28-20(16-8-3-1-4-9-16)17-10-5-2-6-11-17/h1-15,20H,(H2,25,26,27,28). The molecule has 7 nitrogen and oxygen atoms in total. The Labute approximate surface area is 187 Å². The van der Waals surface area contributed by atoms with Gasteiger partial charge >= 0.3 is 5.69 Å². The van der Waals surface area contributed by atoms with Gasteiger partial charge in [-0.3, -0.25) is 10.1 Å². The molecule has 0 aliphatic heterocycles. The lowest BCUT2D eigenvalue weighted by molar-refractivity contribution is -0.383. The van der Waals surface area contributed by atoms with Crippen molar-refractivity contribution in [3.63, 3.8) is 0 Å². The van der Waals surface area contributed by atoms with Crippen molar-refractivity contribution < 1.29 is 4.92 Å². The summed E-state index contributed by atoms with van der Waals surface area (Å²) in [6, 6.07) is 26.5. The SMILES string of the molecule is O=[N+]([O-])c1c(Nc2cccc(Br)c2)ncnc1NC(c1ccccc1)c1ccccc1. The number of nitro groups is 1. The van der Waals surface area contributed by atoms with Crippen molar-refractivity contribution in [2.45, 2.75) is 6.04 Å². The van der Waals surface area contributed by atoms with Crippen molar-refractivity contribution in [3.8, 4) is 0 Å². The molecule has 31 heavy (non-hydrogen) atoms. The number of aromatic nitrogens is 2. The molecule has 0 saturated heterocycles. The second-order valence-corrected chi connectivity index (χ2v) is 7.63. The Balaban J connectivity index is 1.75. The van der Waals surface area contributed by atoms with Crippen molar-refractivity contribution in [1.82, 2.24) is 9.97 Å². The summed E-state index contributed by atoms with van der Waals surface area (Å²) in [7, 11) is 0. The Morgan fingerprint density at radius 2 is 1.45 bits per heavy atom. The summed E-state index contributed by atoms with van der Waals surface area (Å²) < 4.78 is 0.848. The summed E-state index contributed by atoms with van der Waals surface area (Å²) >= 11 is 3.40. The highest BCUT2D eigenvalue weighted by Gasteiger charge is 2.26. The molecule has 3 aromatic carbocycles. The molecule has 0 unspecified atom stereocenters. The van der Waals surface area contributed by atoms with E-state index in [0.717, 1.165) is 15.6 Å². The molecule has 0 spiro atoms. The van der Waals surface area contributed by atoms with Gasteiger partial charge in [0.05, 0.1) is 11.0 Å². The van der Waals surface area contributed by atoms with Crippen LogP contribution >= 0.6 is 15.9 Å². The van der Waals surface area contributed by atoms with E-state index in [9.17, 15) is 10.1 Å². The molecular weight excluding hydrogens is 458 g/mol. The summed E-state index contributed by atoms with van der Waals surface area (Å²) in [5.41, 5.74) is 2.37. The van der Waals surface area contributed by atoms with Gasteiger partial charge in [-0.15, -0.1) is 0 Å². The molecule has 0 aliphatic carbocycles. The zero-order valence-electron chi connectivity index (χ0n) is 16.3. The highest BCUT2D eigenvalue weighted by atomic mass is 79.9. The fourth-order valence-corrected chi connectivity index (χ4v) is 3.64. The van der Waals surface area contributed by atoms with E-state index in [2.05, 4.69) is 36.5 Å². The van der Waals surface area contributed by atoms with Crippen LogP contribution in [0.2, 0.25) is 0 Å². The number of halogens is 1. The third kappa shape index (κ3) is 4.87. The van der Waals surface area contributed by atoms with Crippen molar-refractivity contribution in [2.75, 3.05) is 10.6 Å². The van der Waals surface area contributed by atoms with Crippen LogP contribution in [0.5, 0.6) is 0 Å². The number of anilines is 3. The van der Waals surface area contributed by atoms with E-state index in [1.54, 1.807) is 6.07 Å². The molecule has 2 N–H and O–H groups in total. The normalized spacial score (nSPS) is 10.6. The first-order chi connectivity index (χ1) is 15.1. The van der Waals surface area contributed by atoms with Gasteiger partial charge in [0.2, 0.25) is 11.6 Å².